The van der Waals surface area contributed by atoms with Crippen molar-refractivity contribution < 1.29 is 19.1 Å². The molecule has 0 saturated heterocycles. The number of methoxy groups -OCH3 is 1. The lowest BCUT2D eigenvalue weighted by Crippen LogP contribution is -2.60. The van der Waals surface area contributed by atoms with Crippen LogP contribution in [-0.2, 0) is 24.5 Å². The van der Waals surface area contributed by atoms with Gasteiger partial charge < -0.3 is 14.8 Å². The van der Waals surface area contributed by atoms with Crippen molar-refractivity contribution in [2.75, 3.05) is 7.11 Å². The Morgan fingerprint density at radius 2 is 1.76 bits per heavy atom. The fourth-order valence-corrected chi connectivity index (χ4v) is 2.41. The minimum absolute atomic E-state index is 0.284. The largest absolute Gasteiger partial charge is 0.469 e. The van der Waals surface area contributed by atoms with Gasteiger partial charge >= 0.3 is 5.97 Å². The molecule has 0 aliphatic heterocycles. The van der Waals surface area contributed by atoms with E-state index in [4.69, 9.17) is 4.74 Å². The van der Waals surface area contributed by atoms with Gasteiger partial charge in [-0.15, -0.1) is 0 Å². The maximum atomic E-state index is 13.0. The molecule has 0 aromatic heterocycles. The van der Waals surface area contributed by atoms with Crippen LogP contribution in [0.5, 0.6) is 0 Å². The average Bonchev–Trinajstić information content (AvgIpc) is 2.58. The third kappa shape index (κ3) is 3.71. The van der Waals surface area contributed by atoms with Crippen LogP contribution in [0.3, 0.4) is 0 Å². The molecule has 1 rings (SSSR count). The van der Waals surface area contributed by atoms with Crippen LogP contribution in [0.25, 0.3) is 0 Å². The molecule has 0 heterocycles. The van der Waals surface area contributed by atoms with Gasteiger partial charge in [0.2, 0.25) is 5.91 Å². The van der Waals surface area contributed by atoms with Crippen LogP contribution < -0.4 is 5.32 Å². The molecule has 25 heavy (non-hydrogen) atoms. The van der Waals surface area contributed by atoms with Gasteiger partial charge in [-0.05, 0) is 33.3 Å². The highest BCUT2D eigenvalue weighted by atomic mass is 16.5. The number of nitriles is 1. The molecule has 0 aliphatic rings. The third-order valence-electron chi connectivity index (χ3n) is 4.92. The van der Waals surface area contributed by atoms with Crippen molar-refractivity contribution in [2.45, 2.75) is 45.1 Å². The Labute approximate surface area is 148 Å². The molecule has 1 aromatic rings. The summed E-state index contributed by atoms with van der Waals surface area (Å²) in [7, 11) is 1.28. The number of hydrogen-bond donors (Lipinski definition) is 1. The van der Waals surface area contributed by atoms with Crippen molar-refractivity contribution >= 4 is 18.2 Å². The van der Waals surface area contributed by atoms with E-state index >= 15 is 0 Å². The maximum Gasteiger partial charge on any atom is 0.313 e. The summed E-state index contributed by atoms with van der Waals surface area (Å²) in [6, 6.07) is 10.4. The Morgan fingerprint density at radius 3 is 2.20 bits per heavy atom. The van der Waals surface area contributed by atoms with E-state index in [1.54, 1.807) is 58.0 Å². The summed E-state index contributed by atoms with van der Waals surface area (Å²) < 4.78 is 4.82. The first-order valence-electron chi connectivity index (χ1n) is 7.90. The Morgan fingerprint density at radius 1 is 1.20 bits per heavy atom. The number of carbonyl (C=O) groups excluding carboxylic acids is 3. The van der Waals surface area contributed by atoms with Crippen molar-refractivity contribution in [1.29, 1.82) is 5.26 Å². The van der Waals surface area contributed by atoms with Crippen molar-refractivity contribution in [2.24, 2.45) is 5.41 Å². The summed E-state index contributed by atoms with van der Waals surface area (Å²) >= 11 is 0. The SMILES string of the molecule is COC(=O)C(C)(C)C(C)(C)NC(=O)C(C#N)(CC=O)c1ccccc1. The number of ether oxygens (including phenoxy) is 1. The van der Waals surface area contributed by atoms with Crippen LogP contribution in [-0.4, -0.2) is 30.8 Å². The lowest BCUT2D eigenvalue weighted by Gasteiger charge is -2.41. The molecule has 1 unspecified atom stereocenters. The molecule has 0 aliphatic carbocycles. The molecular formula is C19H24N2O4. The molecule has 0 bridgehead atoms. The quantitative estimate of drug-likeness (QED) is 0.604. The molecule has 134 valence electrons. The lowest BCUT2D eigenvalue weighted by atomic mass is 9.72. The highest BCUT2D eigenvalue weighted by Crippen LogP contribution is 2.34. The zero-order valence-corrected chi connectivity index (χ0v) is 15.3. The van der Waals surface area contributed by atoms with Gasteiger partial charge in [-0.2, -0.15) is 5.26 Å². The van der Waals surface area contributed by atoms with Gasteiger partial charge in [0.15, 0.2) is 5.41 Å². The summed E-state index contributed by atoms with van der Waals surface area (Å²) in [6.45, 7) is 6.65. The predicted octanol–water partition coefficient (Wildman–Crippen LogP) is 2.13. The maximum absolute atomic E-state index is 13.0. The van der Waals surface area contributed by atoms with Crippen molar-refractivity contribution in [3.8, 4) is 6.07 Å². The highest BCUT2D eigenvalue weighted by Gasteiger charge is 2.49. The Kier molecular flexibility index (Phi) is 6.09. The van der Waals surface area contributed by atoms with Crippen LogP contribution in [0, 0.1) is 16.7 Å². The average molecular weight is 344 g/mol. The number of nitrogens with zero attached hydrogens (tertiary/aromatic N) is 1. The molecule has 6 heteroatoms. The topological polar surface area (TPSA) is 96.3 Å². The molecular weight excluding hydrogens is 320 g/mol. The van der Waals surface area contributed by atoms with E-state index < -0.39 is 28.2 Å². The van der Waals surface area contributed by atoms with Gasteiger partial charge in [0.1, 0.15) is 6.29 Å². The number of rotatable bonds is 7. The van der Waals surface area contributed by atoms with Gasteiger partial charge in [0, 0.05) is 6.42 Å². The molecule has 1 atom stereocenters. The summed E-state index contributed by atoms with van der Waals surface area (Å²) in [5, 5.41) is 12.5. The van der Waals surface area contributed by atoms with E-state index in [1.807, 2.05) is 6.07 Å². The number of esters is 1. The molecule has 1 aromatic carbocycles. The number of hydrogen-bond acceptors (Lipinski definition) is 5. The van der Waals surface area contributed by atoms with Crippen LogP contribution in [0.4, 0.5) is 0 Å². The van der Waals surface area contributed by atoms with Gasteiger partial charge in [0.25, 0.3) is 0 Å². The smallest absolute Gasteiger partial charge is 0.313 e. The summed E-state index contributed by atoms with van der Waals surface area (Å²) in [6.07, 6.45) is 0.266. The lowest BCUT2D eigenvalue weighted by molar-refractivity contribution is -0.156. The molecule has 1 amide bonds. The summed E-state index contributed by atoms with van der Waals surface area (Å²) in [4.78, 5) is 36.3. The number of nitrogens with one attached hydrogen (secondary N) is 1. The van der Waals surface area contributed by atoms with E-state index in [0.717, 1.165) is 0 Å². The number of aldehydes is 1. The second kappa shape index (κ2) is 7.47. The standard InChI is InChI=1S/C19H24N2O4/c1-17(2,16(24)25-5)18(3,4)21-15(23)19(13-20,11-12-22)14-9-7-6-8-10-14/h6-10,12H,11H2,1-5H3,(H,21,23). The number of benzene rings is 1. The summed E-state index contributed by atoms with van der Waals surface area (Å²) in [5.74, 6) is -1.12. The minimum atomic E-state index is -1.66. The zero-order valence-electron chi connectivity index (χ0n) is 15.3. The Balaban J connectivity index is 3.31. The van der Waals surface area contributed by atoms with Crippen molar-refractivity contribution in [1.82, 2.24) is 5.32 Å². The van der Waals surface area contributed by atoms with Gasteiger partial charge in [-0.25, -0.2) is 0 Å². The fourth-order valence-electron chi connectivity index (χ4n) is 2.41. The van der Waals surface area contributed by atoms with Crippen molar-refractivity contribution in [3.05, 3.63) is 35.9 Å². The number of amides is 1. The monoisotopic (exact) mass is 344 g/mol. The predicted molar refractivity (Wildman–Crippen MR) is 92.4 cm³/mol. The van der Waals surface area contributed by atoms with Crippen LogP contribution >= 0.6 is 0 Å². The van der Waals surface area contributed by atoms with E-state index in [2.05, 4.69) is 5.32 Å². The van der Waals surface area contributed by atoms with Gasteiger partial charge in [0.05, 0.1) is 24.1 Å². The van der Waals surface area contributed by atoms with E-state index in [0.29, 0.717) is 11.8 Å². The molecule has 0 spiro atoms. The highest BCUT2D eigenvalue weighted by molar-refractivity contribution is 5.94. The van der Waals surface area contributed by atoms with Crippen LogP contribution in [0.2, 0.25) is 0 Å². The first-order valence-corrected chi connectivity index (χ1v) is 7.90. The van der Waals surface area contributed by atoms with E-state index in [1.165, 1.54) is 7.11 Å². The molecule has 0 fully saturated rings. The third-order valence-corrected chi connectivity index (χ3v) is 4.92. The first-order chi connectivity index (χ1) is 11.6. The second-order valence-electron chi connectivity index (χ2n) is 6.95. The minimum Gasteiger partial charge on any atom is -0.469 e. The molecule has 6 nitrogen and oxygen atoms in total. The summed E-state index contributed by atoms with van der Waals surface area (Å²) in [5.41, 5.74) is -3.30. The van der Waals surface area contributed by atoms with Crippen LogP contribution in [0.1, 0.15) is 39.7 Å². The second-order valence-corrected chi connectivity index (χ2v) is 6.95. The van der Waals surface area contributed by atoms with E-state index in [9.17, 15) is 19.6 Å². The Hall–Kier alpha value is -2.68. The molecule has 1 N–H and O–H groups in total. The molecule has 0 radical (unpaired) electrons. The van der Waals surface area contributed by atoms with E-state index in [-0.39, 0.29) is 6.42 Å². The fraction of sp³-hybridized carbons (Fsp3) is 0.474. The zero-order chi connectivity index (χ0) is 19.3. The van der Waals surface area contributed by atoms with Crippen molar-refractivity contribution in [3.63, 3.8) is 0 Å². The molecule has 0 saturated carbocycles. The normalized spacial score (nSPS) is 13.9. The number of carbonyl (C=O) groups is 3. The first kappa shape index (κ1) is 20.4. The van der Waals surface area contributed by atoms with Gasteiger partial charge in [-0.1, -0.05) is 30.3 Å². The Bertz CT molecular complexity index is 689. The van der Waals surface area contributed by atoms with Gasteiger partial charge in [-0.3, -0.25) is 9.59 Å². The van der Waals surface area contributed by atoms with Crippen LogP contribution in [0.15, 0.2) is 30.3 Å².